The van der Waals surface area contributed by atoms with Crippen LogP contribution in [0.2, 0.25) is 0 Å². The number of benzene rings is 7. The molecule has 73 heavy (non-hydrogen) atoms. The van der Waals surface area contributed by atoms with Crippen molar-refractivity contribution in [3.05, 3.63) is 191 Å². The molecule has 7 aromatic carbocycles. The molecule has 0 saturated carbocycles. The number of fused-ring (bicyclic) bond motifs is 1. The van der Waals surface area contributed by atoms with Gasteiger partial charge in [0.2, 0.25) is 0 Å². The average molecular weight is 1150 g/mol. The number of hydrogen-bond donors (Lipinski definition) is 1. The molecule has 9 aromatic rings. The predicted octanol–water partition coefficient (Wildman–Crippen LogP) is 18.5. The molecule has 5 heteroatoms. The standard InChI is InChI=1S/C68H72N3O.Pt/c1-42(2)44-24-26-46(27-25-44)48-30-31-69-59(38-48)52-34-49(45-20-17-16-18-21-45)33-51(35-52)56-22-19-23-61-62(56)70-64(57-40-55(67(10,11)12)41-58(63(57)72)68(13,14)15)71(61)60-29-28-47(32-43(60)3)50-36-53(65(4,5)6)39-54(37-50)66(7,8)9;/h16-34,36-42,72H,1-15H3;/q-1;/i3D3,42D;. The van der Waals surface area contributed by atoms with Gasteiger partial charge in [-0.2, -0.15) is 0 Å². The summed E-state index contributed by atoms with van der Waals surface area (Å²) in [6, 6.07) is 53.1. The van der Waals surface area contributed by atoms with Crippen LogP contribution in [-0.2, 0) is 42.7 Å². The third-order valence-corrected chi connectivity index (χ3v) is 14.0. The number of phenolic OH excluding ortho intramolecular Hbond substituents is 1. The van der Waals surface area contributed by atoms with Crippen LogP contribution in [0.3, 0.4) is 0 Å². The van der Waals surface area contributed by atoms with E-state index in [-0.39, 0.29) is 48.6 Å². The second-order valence-electron chi connectivity index (χ2n) is 24.0. The van der Waals surface area contributed by atoms with Crippen LogP contribution in [-0.4, -0.2) is 19.6 Å². The minimum atomic E-state index is -2.55. The second kappa shape index (κ2) is 19.8. The fraction of sp³-hybridized carbons (Fsp3) is 0.294. The molecule has 0 spiro atoms. The van der Waals surface area contributed by atoms with Gasteiger partial charge in [-0.05, 0) is 120 Å². The summed E-state index contributed by atoms with van der Waals surface area (Å²) in [5.74, 6) is -0.189. The van der Waals surface area contributed by atoms with Gasteiger partial charge in [0.1, 0.15) is 11.6 Å². The summed E-state index contributed by atoms with van der Waals surface area (Å²) in [5, 5.41) is 12.6. The van der Waals surface area contributed by atoms with Crippen molar-refractivity contribution in [3.63, 3.8) is 0 Å². The molecule has 0 aliphatic carbocycles. The zero-order valence-electron chi connectivity index (χ0n) is 49.0. The maximum absolute atomic E-state index is 12.6. The first kappa shape index (κ1) is 47.6. The van der Waals surface area contributed by atoms with Crippen LogP contribution < -0.4 is 0 Å². The van der Waals surface area contributed by atoms with E-state index in [0.29, 0.717) is 28.1 Å². The van der Waals surface area contributed by atoms with E-state index in [1.165, 1.54) is 11.1 Å². The number of rotatable bonds is 8. The zero-order valence-corrected chi connectivity index (χ0v) is 47.3. The van der Waals surface area contributed by atoms with Gasteiger partial charge in [0.25, 0.3) is 0 Å². The van der Waals surface area contributed by atoms with Crippen LogP contribution in [0.4, 0.5) is 0 Å². The molecule has 0 aliphatic heterocycles. The first-order valence-electron chi connectivity index (χ1n) is 27.3. The molecule has 0 radical (unpaired) electrons. The number of aromatic nitrogens is 3. The Bertz CT molecular complexity index is 3620. The number of pyridine rings is 1. The van der Waals surface area contributed by atoms with Crippen LogP contribution >= 0.6 is 0 Å². The van der Waals surface area contributed by atoms with Crippen LogP contribution in [0.5, 0.6) is 5.75 Å². The predicted molar refractivity (Wildman–Crippen MR) is 306 cm³/mol. The molecule has 0 bridgehead atoms. The normalized spacial score (nSPS) is 13.5. The van der Waals surface area contributed by atoms with Crippen molar-refractivity contribution < 1.29 is 31.7 Å². The van der Waals surface area contributed by atoms with Crippen molar-refractivity contribution in [3.8, 4) is 78.6 Å². The maximum atomic E-state index is 12.6. The first-order valence-corrected chi connectivity index (χ1v) is 25.3. The number of phenols is 1. The molecule has 0 atom stereocenters. The van der Waals surface area contributed by atoms with Crippen LogP contribution in [0.15, 0.2) is 152 Å². The van der Waals surface area contributed by atoms with E-state index in [2.05, 4.69) is 156 Å². The molecule has 0 saturated heterocycles. The summed E-state index contributed by atoms with van der Waals surface area (Å²) < 4.78 is 38.2. The Kier molecular flexibility index (Phi) is 12.9. The number of aromatic hydroxyl groups is 1. The first-order chi connectivity index (χ1) is 35.4. The van der Waals surface area contributed by atoms with E-state index < -0.39 is 18.2 Å². The molecular weight excluding hydrogens is 1070 g/mol. The monoisotopic (exact) mass is 1150 g/mol. The largest absolute Gasteiger partial charge is 0.507 e. The minimum Gasteiger partial charge on any atom is -0.507 e. The Morgan fingerprint density at radius 3 is 1.75 bits per heavy atom. The van der Waals surface area contributed by atoms with Gasteiger partial charge in [-0.1, -0.05) is 217 Å². The SMILES string of the molecule is [2H]C([2H])([2H])c1cc(-c2cc(C(C)(C)C)cc(C(C)(C)C)c2)ccc1-n1c(-c2cc(C(C)(C)C)cc(C(C)(C)C)c2O)nc2c(-c3[c-]c(-c4cc(-c5ccc(C([2H])(C)C)cc5)ccn4)cc(-c4ccccc4)c3)cccc21.[Pt]. The quantitative estimate of drug-likeness (QED) is 0.154. The van der Waals surface area contributed by atoms with E-state index in [1.54, 1.807) is 0 Å². The van der Waals surface area contributed by atoms with Crippen molar-refractivity contribution >= 4 is 11.0 Å². The third kappa shape index (κ3) is 10.8. The fourth-order valence-electron chi connectivity index (χ4n) is 9.53. The van der Waals surface area contributed by atoms with E-state index >= 15 is 0 Å². The Hall–Kier alpha value is -6.35. The molecule has 9 rings (SSSR count). The van der Waals surface area contributed by atoms with Gasteiger partial charge >= 0.3 is 0 Å². The number of hydrogen-bond acceptors (Lipinski definition) is 3. The molecular formula is C68H72N3OPt-. The number of nitrogens with zero attached hydrogens (tertiary/aromatic N) is 3. The summed E-state index contributed by atoms with van der Waals surface area (Å²) in [7, 11) is 0. The average Bonchev–Trinajstić information content (AvgIpc) is 3.74. The van der Waals surface area contributed by atoms with E-state index in [9.17, 15) is 9.22 Å². The Morgan fingerprint density at radius 1 is 0.548 bits per heavy atom. The van der Waals surface area contributed by atoms with Crippen molar-refractivity contribution in [1.82, 2.24) is 14.5 Å². The van der Waals surface area contributed by atoms with Gasteiger partial charge in [-0.3, -0.25) is 9.55 Å². The molecule has 4 nitrogen and oxygen atoms in total. The van der Waals surface area contributed by atoms with Crippen LogP contribution in [0.25, 0.3) is 83.9 Å². The Balaban J connectivity index is 0.00000784. The Labute approximate surface area is 455 Å². The van der Waals surface area contributed by atoms with Gasteiger partial charge in [0.15, 0.2) is 0 Å². The fourth-order valence-corrected chi connectivity index (χ4v) is 9.53. The number of para-hydroxylation sites is 1. The van der Waals surface area contributed by atoms with Crippen LogP contribution in [0, 0.1) is 12.9 Å². The summed E-state index contributed by atoms with van der Waals surface area (Å²) in [6.45, 7) is 27.2. The van der Waals surface area contributed by atoms with Crippen LogP contribution in [0.1, 0.15) is 142 Å². The molecule has 376 valence electrons. The molecule has 0 amide bonds. The van der Waals surface area contributed by atoms with E-state index in [0.717, 1.165) is 72.5 Å². The Morgan fingerprint density at radius 2 is 1.14 bits per heavy atom. The molecule has 0 aliphatic rings. The minimum absolute atomic E-state index is 0. The summed E-state index contributed by atoms with van der Waals surface area (Å²) in [5.41, 5.74) is 15.3. The molecule has 1 N–H and O–H groups in total. The maximum Gasteiger partial charge on any atom is 0.148 e. The molecule has 0 unspecified atom stereocenters. The van der Waals surface area contributed by atoms with E-state index in [1.807, 2.05) is 103 Å². The molecule has 2 aromatic heterocycles. The zero-order chi connectivity index (χ0) is 55.1. The van der Waals surface area contributed by atoms with Gasteiger partial charge < -0.3 is 5.11 Å². The van der Waals surface area contributed by atoms with Crippen molar-refractivity contribution in [1.29, 1.82) is 0 Å². The van der Waals surface area contributed by atoms with Crippen molar-refractivity contribution in [2.24, 2.45) is 0 Å². The third-order valence-electron chi connectivity index (χ3n) is 14.0. The molecule has 2 heterocycles. The van der Waals surface area contributed by atoms with Gasteiger partial charge in [-0.25, -0.2) is 4.98 Å². The smallest absolute Gasteiger partial charge is 0.148 e. The number of imidazole rings is 1. The van der Waals surface area contributed by atoms with Gasteiger partial charge in [-0.15, -0.1) is 23.8 Å². The summed E-state index contributed by atoms with van der Waals surface area (Å²) >= 11 is 0. The van der Waals surface area contributed by atoms with Gasteiger partial charge in [0.05, 0.1) is 22.3 Å². The summed E-state index contributed by atoms with van der Waals surface area (Å²) in [6.07, 6.45) is 1.83. The number of aryl methyl sites for hydroxylation is 1. The topological polar surface area (TPSA) is 50.9 Å². The second-order valence-corrected chi connectivity index (χ2v) is 24.0. The van der Waals surface area contributed by atoms with Crippen molar-refractivity contribution in [2.45, 2.75) is 131 Å². The summed E-state index contributed by atoms with van der Waals surface area (Å²) in [4.78, 5) is 10.5. The van der Waals surface area contributed by atoms with Crippen molar-refractivity contribution in [2.75, 3.05) is 0 Å². The van der Waals surface area contributed by atoms with Gasteiger partial charge in [0, 0.05) is 44.0 Å². The molecule has 0 fully saturated rings. The van der Waals surface area contributed by atoms with E-state index in [4.69, 9.17) is 11.3 Å².